The number of rotatable bonds is 7. The lowest BCUT2D eigenvalue weighted by molar-refractivity contribution is 0.0904. The van der Waals surface area contributed by atoms with Crippen molar-refractivity contribution in [3.8, 4) is 0 Å². The van der Waals surface area contributed by atoms with Crippen LogP contribution >= 0.6 is 11.3 Å². The second-order valence-electron chi connectivity index (χ2n) is 7.42. The lowest BCUT2D eigenvalue weighted by Crippen LogP contribution is -2.30. The fraction of sp³-hybridized carbons (Fsp3) is 0.524. The smallest absolute Gasteiger partial charge is 0.263 e. The normalized spacial score (nSPS) is 14.9. The summed E-state index contributed by atoms with van der Waals surface area (Å²) in [5.74, 6) is -0.107. The van der Waals surface area contributed by atoms with Crippen molar-refractivity contribution in [3.05, 3.63) is 33.5 Å². The highest BCUT2D eigenvalue weighted by atomic mass is 32.1. The van der Waals surface area contributed by atoms with Gasteiger partial charge in [0.1, 0.15) is 4.88 Å². The molecular formula is C21H28N6O2S. The van der Waals surface area contributed by atoms with E-state index in [-0.39, 0.29) is 5.91 Å². The maximum atomic E-state index is 12.6. The van der Waals surface area contributed by atoms with Gasteiger partial charge in [-0.15, -0.1) is 11.3 Å². The molecule has 0 spiro atoms. The molecule has 8 nitrogen and oxygen atoms in total. The third kappa shape index (κ3) is 4.17. The van der Waals surface area contributed by atoms with Gasteiger partial charge >= 0.3 is 0 Å². The lowest BCUT2D eigenvalue weighted by atomic mass is 10.0. The van der Waals surface area contributed by atoms with Crippen LogP contribution in [0.5, 0.6) is 0 Å². The minimum Gasteiger partial charge on any atom is -0.381 e. The highest BCUT2D eigenvalue weighted by molar-refractivity contribution is 7.13. The summed E-state index contributed by atoms with van der Waals surface area (Å²) in [7, 11) is 0. The van der Waals surface area contributed by atoms with Crippen LogP contribution in [0.4, 0.5) is 5.69 Å². The molecule has 4 rings (SSSR count). The van der Waals surface area contributed by atoms with Gasteiger partial charge in [0.2, 0.25) is 0 Å². The van der Waals surface area contributed by atoms with Gasteiger partial charge in [0.05, 0.1) is 28.5 Å². The molecule has 0 radical (unpaired) electrons. The van der Waals surface area contributed by atoms with E-state index in [2.05, 4.69) is 34.6 Å². The van der Waals surface area contributed by atoms with Gasteiger partial charge in [-0.25, -0.2) is 14.6 Å². The summed E-state index contributed by atoms with van der Waals surface area (Å²) in [5.41, 5.74) is 3.93. The van der Waals surface area contributed by atoms with Gasteiger partial charge in [0.25, 0.3) is 5.91 Å². The number of nitrogens with zero attached hydrogens (tertiary/aromatic N) is 4. The molecule has 9 heteroatoms. The number of nitrogens with one attached hydrogen (secondary N) is 2. The number of hydrogen-bond acceptors (Lipinski definition) is 7. The molecule has 0 aliphatic carbocycles. The minimum absolute atomic E-state index is 0.107. The first-order valence-corrected chi connectivity index (χ1v) is 11.3. The predicted octanol–water partition coefficient (Wildman–Crippen LogP) is 3.30. The zero-order valence-electron chi connectivity index (χ0n) is 17.7. The number of aryl methyl sites for hydroxylation is 3. The molecule has 0 saturated carbocycles. The van der Waals surface area contributed by atoms with E-state index in [1.165, 1.54) is 11.3 Å². The lowest BCUT2D eigenvalue weighted by Gasteiger charge is -2.26. The number of hydrogen-bond donors (Lipinski definition) is 2. The van der Waals surface area contributed by atoms with Crippen molar-refractivity contribution in [2.45, 2.75) is 59.2 Å². The Morgan fingerprint density at radius 1 is 1.30 bits per heavy atom. The van der Waals surface area contributed by atoms with Crippen LogP contribution in [-0.4, -0.2) is 44.9 Å². The molecule has 2 N–H and O–H groups in total. The SMILES string of the molecule is CCc1nc2c(cnn2CC)c(NC2CCOCC2)c1CNC(=O)c1cnc(C)s1. The summed E-state index contributed by atoms with van der Waals surface area (Å²) in [6.07, 6.45) is 6.20. The number of ether oxygens (including phenoxy) is 1. The summed E-state index contributed by atoms with van der Waals surface area (Å²) < 4.78 is 7.44. The molecular weight excluding hydrogens is 400 g/mol. The van der Waals surface area contributed by atoms with Crippen LogP contribution in [0.2, 0.25) is 0 Å². The first kappa shape index (κ1) is 20.7. The molecule has 4 heterocycles. The zero-order valence-corrected chi connectivity index (χ0v) is 18.5. The van der Waals surface area contributed by atoms with Crippen LogP contribution in [0.3, 0.4) is 0 Å². The number of amides is 1. The molecule has 160 valence electrons. The fourth-order valence-corrected chi connectivity index (χ4v) is 4.52. The van der Waals surface area contributed by atoms with E-state index >= 15 is 0 Å². The zero-order chi connectivity index (χ0) is 21.1. The monoisotopic (exact) mass is 428 g/mol. The van der Waals surface area contributed by atoms with E-state index in [0.29, 0.717) is 17.5 Å². The number of fused-ring (bicyclic) bond motifs is 1. The largest absolute Gasteiger partial charge is 0.381 e. The van der Waals surface area contributed by atoms with Crippen molar-refractivity contribution in [1.82, 2.24) is 25.1 Å². The van der Waals surface area contributed by atoms with Crippen LogP contribution in [0.15, 0.2) is 12.4 Å². The Hall–Kier alpha value is -2.52. The topological polar surface area (TPSA) is 94.0 Å². The van der Waals surface area contributed by atoms with Gasteiger partial charge in [0, 0.05) is 43.6 Å². The Balaban J connectivity index is 1.69. The molecule has 30 heavy (non-hydrogen) atoms. The van der Waals surface area contributed by atoms with Crippen molar-refractivity contribution in [1.29, 1.82) is 0 Å². The van der Waals surface area contributed by atoms with Gasteiger partial charge in [-0.05, 0) is 33.1 Å². The van der Waals surface area contributed by atoms with Gasteiger partial charge in [-0.1, -0.05) is 6.92 Å². The molecule has 0 unspecified atom stereocenters. The van der Waals surface area contributed by atoms with Crippen LogP contribution in [0.25, 0.3) is 11.0 Å². The first-order valence-electron chi connectivity index (χ1n) is 10.5. The van der Waals surface area contributed by atoms with Crippen molar-refractivity contribution >= 4 is 34.0 Å². The molecule has 0 atom stereocenters. The number of anilines is 1. The average Bonchev–Trinajstić information content (AvgIpc) is 3.39. The Kier molecular flexibility index (Phi) is 6.29. The van der Waals surface area contributed by atoms with Gasteiger partial charge in [-0.2, -0.15) is 5.10 Å². The fourth-order valence-electron chi connectivity index (χ4n) is 3.82. The van der Waals surface area contributed by atoms with E-state index < -0.39 is 0 Å². The van der Waals surface area contributed by atoms with E-state index in [9.17, 15) is 4.79 Å². The van der Waals surface area contributed by atoms with E-state index in [0.717, 1.165) is 72.0 Å². The number of aromatic nitrogens is 4. The average molecular weight is 429 g/mol. The second kappa shape index (κ2) is 9.09. The molecule has 1 saturated heterocycles. The molecule has 0 bridgehead atoms. The van der Waals surface area contributed by atoms with Gasteiger partial charge in [0.15, 0.2) is 5.65 Å². The van der Waals surface area contributed by atoms with Gasteiger partial charge in [-0.3, -0.25) is 4.79 Å². The standard InChI is InChI=1S/C21H28N6O2S/c1-4-17-15(10-23-21(28)18-12-22-13(3)30-18)19(25-14-6-8-29-9-7-14)16-11-24-27(5-2)20(16)26-17/h11-12,14H,4-10H2,1-3H3,(H,23,28)(H,25,26). The van der Waals surface area contributed by atoms with E-state index in [4.69, 9.17) is 9.72 Å². The maximum absolute atomic E-state index is 12.6. The third-order valence-corrected chi connectivity index (χ3v) is 6.36. The van der Waals surface area contributed by atoms with Crippen molar-refractivity contribution < 1.29 is 9.53 Å². The molecule has 0 aromatic carbocycles. The van der Waals surface area contributed by atoms with Crippen molar-refractivity contribution in [3.63, 3.8) is 0 Å². The maximum Gasteiger partial charge on any atom is 0.263 e. The number of thiazole rings is 1. The van der Waals surface area contributed by atoms with Crippen LogP contribution in [-0.2, 0) is 24.2 Å². The highest BCUT2D eigenvalue weighted by Crippen LogP contribution is 2.31. The summed E-state index contributed by atoms with van der Waals surface area (Å²) >= 11 is 1.40. The minimum atomic E-state index is -0.107. The number of carbonyl (C=O) groups is 1. The number of pyridine rings is 1. The summed E-state index contributed by atoms with van der Waals surface area (Å²) in [6.45, 7) is 8.75. The van der Waals surface area contributed by atoms with Crippen molar-refractivity contribution in [2.75, 3.05) is 18.5 Å². The molecule has 3 aromatic rings. The summed E-state index contributed by atoms with van der Waals surface area (Å²) in [4.78, 5) is 22.3. The molecule has 1 fully saturated rings. The van der Waals surface area contributed by atoms with Gasteiger partial charge < -0.3 is 15.4 Å². The second-order valence-corrected chi connectivity index (χ2v) is 8.66. The number of carbonyl (C=O) groups excluding carboxylic acids is 1. The predicted molar refractivity (Wildman–Crippen MR) is 118 cm³/mol. The Labute approximate surface area is 180 Å². The molecule has 1 amide bonds. The van der Waals surface area contributed by atoms with E-state index in [1.807, 2.05) is 17.8 Å². The van der Waals surface area contributed by atoms with Crippen LogP contribution in [0.1, 0.15) is 52.6 Å². The highest BCUT2D eigenvalue weighted by Gasteiger charge is 2.22. The summed E-state index contributed by atoms with van der Waals surface area (Å²) in [5, 5.41) is 13.2. The van der Waals surface area contributed by atoms with Crippen LogP contribution < -0.4 is 10.6 Å². The molecule has 1 aliphatic heterocycles. The van der Waals surface area contributed by atoms with Crippen LogP contribution in [0, 0.1) is 6.92 Å². The Morgan fingerprint density at radius 3 is 2.77 bits per heavy atom. The Morgan fingerprint density at radius 2 is 2.10 bits per heavy atom. The van der Waals surface area contributed by atoms with E-state index in [1.54, 1.807) is 6.20 Å². The van der Waals surface area contributed by atoms with Crippen molar-refractivity contribution in [2.24, 2.45) is 0 Å². The quantitative estimate of drug-likeness (QED) is 0.600. The first-order chi connectivity index (χ1) is 14.6. The molecule has 3 aromatic heterocycles. The Bertz CT molecular complexity index is 1040. The molecule has 1 aliphatic rings. The third-order valence-electron chi connectivity index (χ3n) is 5.45. The summed E-state index contributed by atoms with van der Waals surface area (Å²) in [6, 6.07) is 0.331.